The van der Waals surface area contributed by atoms with E-state index in [1.165, 1.54) is 18.6 Å². The van der Waals surface area contributed by atoms with E-state index >= 15 is 0 Å². The second kappa shape index (κ2) is 5.36. The summed E-state index contributed by atoms with van der Waals surface area (Å²) in [5, 5.41) is 3.12. The number of halogens is 3. The summed E-state index contributed by atoms with van der Waals surface area (Å²) in [6.07, 6.45) is 1.31. The molecule has 2 nitrogen and oxygen atoms in total. The summed E-state index contributed by atoms with van der Waals surface area (Å²) < 4.78 is 39.8. The molecule has 0 aromatic heterocycles. The van der Waals surface area contributed by atoms with E-state index in [1.807, 2.05) is 6.07 Å². The summed E-state index contributed by atoms with van der Waals surface area (Å²) in [7, 11) is 0. The maximum absolute atomic E-state index is 13.3. The van der Waals surface area contributed by atoms with Crippen LogP contribution in [0.4, 0.5) is 24.5 Å². The van der Waals surface area contributed by atoms with Crippen LogP contribution in [0.15, 0.2) is 18.2 Å². The first kappa shape index (κ1) is 15.5. The molecule has 1 aromatic rings. The van der Waals surface area contributed by atoms with Crippen molar-refractivity contribution in [3.63, 3.8) is 0 Å². The number of fused-ring (bicyclic) bond motifs is 1. The molecule has 0 saturated heterocycles. The lowest BCUT2D eigenvalue weighted by Crippen LogP contribution is -2.60. The van der Waals surface area contributed by atoms with Crippen LogP contribution in [-0.4, -0.2) is 18.1 Å². The Kier molecular flexibility index (Phi) is 3.77. The van der Waals surface area contributed by atoms with E-state index in [0.717, 1.165) is 25.7 Å². The molecule has 2 aliphatic rings. The molecule has 0 radical (unpaired) electrons. The summed E-state index contributed by atoms with van der Waals surface area (Å²) in [5.74, 6) is 0. The van der Waals surface area contributed by atoms with Gasteiger partial charge in [-0.2, -0.15) is 13.2 Å². The summed E-state index contributed by atoms with van der Waals surface area (Å²) >= 11 is 0. The van der Waals surface area contributed by atoms with Crippen LogP contribution in [0.25, 0.3) is 0 Å². The van der Waals surface area contributed by atoms with Crippen LogP contribution in [0.3, 0.4) is 0 Å². The molecule has 1 fully saturated rings. The molecule has 1 heterocycles. The van der Waals surface area contributed by atoms with Crippen molar-refractivity contribution >= 4 is 11.4 Å². The minimum Gasteiger partial charge on any atom is -0.381 e. The van der Waals surface area contributed by atoms with Gasteiger partial charge in [0.2, 0.25) is 0 Å². The number of para-hydroxylation sites is 1. The highest BCUT2D eigenvalue weighted by molar-refractivity contribution is 5.78. The van der Waals surface area contributed by atoms with Crippen molar-refractivity contribution in [2.45, 2.75) is 63.7 Å². The van der Waals surface area contributed by atoms with Gasteiger partial charge in [-0.25, -0.2) is 0 Å². The molecular formula is C17H23F3N2. The zero-order valence-electron chi connectivity index (χ0n) is 13.1. The second-order valence-electron chi connectivity index (χ2n) is 6.80. The van der Waals surface area contributed by atoms with Gasteiger partial charge in [-0.15, -0.1) is 0 Å². The Balaban J connectivity index is 2.10. The number of hydrogen-bond acceptors (Lipinski definition) is 2. The number of anilines is 2. The van der Waals surface area contributed by atoms with Crippen molar-refractivity contribution in [3.8, 4) is 0 Å². The van der Waals surface area contributed by atoms with E-state index in [1.54, 1.807) is 0 Å². The van der Waals surface area contributed by atoms with Gasteiger partial charge < -0.3 is 10.2 Å². The van der Waals surface area contributed by atoms with Crippen molar-refractivity contribution in [1.29, 1.82) is 0 Å². The smallest absolute Gasteiger partial charge is 0.381 e. The van der Waals surface area contributed by atoms with Crippen molar-refractivity contribution < 1.29 is 13.2 Å². The Labute approximate surface area is 129 Å². The first-order chi connectivity index (χ1) is 10.4. The standard InChI is InChI=1S/C17H23F3N2/c1-12(2)22-14-8-6-7-13(17(18,19)20)15(14)21-11-16(22)9-4-3-5-10-16/h6-8,12,21H,3-5,9-11H2,1-2H3. The quantitative estimate of drug-likeness (QED) is 0.780. The third-order valence-corrected chi connectivity index (χ3v) is 5.01. The fourth-order valence-electron chi connectivity index (χ4n) is 4.21. The molecule has 0 atom stereocenters. The fourth-order valence-corrected chi connectivity index (χ4v) is 4.21. The van der Waals surface area contributed by atoms with Gasteiger partial charge in [0.15, 0.2) is 0 Å². The van der Waals surface area contributed by atoms with Crippen molar-refractivity contribution in [3.05, 3.63) is 23.8 Å². The summed E-state index contributed by atoms with van der Waals surface area (Å²) in [6.45, 7) is 4.75. The molecule has 1 aliphatic heterocycles. The summed E-state index contributed by atoms with van der Waals surface area (Å²) in [4.78, 5) is 2.24. The third-order valence-electron chi connectivity index (χ3n) is 5.01. The Morgan fingerprint density at radius 3 is 2.41 bits per heavy atom. The van der Waals surface area contributed by atoms with Crippen LogP contribution in [0, 0.1) is 0 Å². The lowest BCUT2D eigenvalue weighted by Gasteiger charge is -2.54. The molecule has 0 unspecified atom stereocenters. The number of benzene rings is 1. The van der Waals surface area contributed by atoms with Crippen LogP contribution < -0.4 is 10.2 Å². The maximum Gasteiger partial charge on any atom is 0.418 e. The van der Waals surface area contributed by atoms with Crippen molar-refractivity contribution in [2.24, 2.45) is 0 Å². The SMILES string of the molecule is CC(C)N1c2cccc(C(F)(F)F)c2NCC12CCCCC2. The molecule has 122 valence electrons. The molecule has 1 aliphatic carbocycles. The van der Waals surface area contributed by atoms with Crippen molar-refractivity contribution in [2.75, 3.05) is 16.8 Å². The number of nitrogens with one attached hydrogen (secondary N) is 1. The normalized spacial score (nSPS) is 20.9. The van der Waals surface area contributed by atoms with Gasteiger partial charge in [-0.1, -0.05) is 25.3 Å². The first-order valence-corrected chi connectivity index (χ1v) is 8.09. The van der Waals surface area contributed by atoms with Crippen LogP contribution in [-0.2, 0) is 6.18 Å². The highest BCUT2D eigenvalue weighted by Crippen LogP contribution is 2.48. The predicted octanol–water partition coefficient (Wildman–Crippen LogP) is 5.05. The summed E-state index contributed by atoms with van der Waals surface area (Å²) in [6, 6.07) is 4.71. The second-order valence-corrected chi connectivity index (χ2v) is 6.80. The molecule has 22 heavy (non-hydrogen) atoms. The van der Waals surface area contributed by atoms with Crippen LogP contribution in [0.2, 0.25) is 0 Å². The lowest BCUT2D eigenvalue weighted by atomic mass is 9.77. The zero-order valence-corrected chi connectivity index (χ0v) is 13.1. The van der Waals surface area contributed by atoms with E-state index in [-0.39, 0.29) is 17.3 Å². The zero-order chi connectivity index (χ0) is 16.0. The van der Waals surface area contributed by atoms with Gasteiger partial charge in [0, 0.05) is 12.6 Å². The van der Waals surface area contributed by atoms with Gasteiger partial charge in [0.1, 0.15) is 0 Å². The van der Waals surface area contributed by atoms with Crippen LogP contribution >= 0.6 is 0 Å². The summed E-state index contributed by atoms with van der Waals surface area (Å²) in [5.41, 5.74) is 0.364. The number of rotatable bonds is 1. The topological polar surface area (TPSA) is 15.3 Å². The third kappa shape index (κ3) is 2.44. The molecule has 1 spiro atoms. The van der Waals surface area contributed by atoms with Gasteiger partial charge in [0.05, 0.1) is 22.5 Å². The van der Waals surface area contributed by atoms with Gasteiger partial charge in [-0.3, -0.25) is 0 Å². The molecule has 5 heteroatoms. The fraction of sp³-hybridized carbons (Fsp3) is 0.647. The highest BCUT2D eigenvalue weighted by Gasteiger charge is 2.45. The van der Waals surface area contributed by atoms with E-state index in [2.05, 4.69) is 24.1 Å². The first-order valence-electron chi connectivity index (χ1n) is 8.09. The number of nitrogens with zero attached hydrogens (tertiary/aromatic N) is 1. The van der Waals surface area contributed by atoms with Crippen LogP contribution in [0.5, 0.6) is 0 Å². The van der Waals surface area contributed by atoms with E-state index in [0.29, 0.717) is 12.2 Å². The number of hydrogen-bond donors (Lipinski definition) is 1. The molecule has 0 bridgehead atoms. The Hall–Kier alpha value is -1.39. The molecule has 1 aromatic carbocycles. The van der Waals surface area contributed by atoms with Gasteiger partial charge in [0.25, 0.3) is 0 Å². The average Bonchev–Trinajstić information content (AvgIpc) is 2.45. The van der Waals surface area contributed by atoms with Gasteiger partial charge in [-0.05, 0) is 38.8 Å². The predicted molar refractivity (Wildman–Crippen MR) is 83.4 cm³/mol. The molecule has 3 rings (SSSR count). The van der Waals surface area contributed by atoms with Gasteiger partial charge >= 0.3 is 6.18 Å². The lowest BCUT2D eigenvalue weighted by molar-refractivity contribution is -0.137. The maximum atomic E-state index is 13.3. The highest BCUT2D eigenvalue weighted by atomic mass is 19.4. The molecule has 1 N–H and O–H groups in total. The Bertz CT molecular complexity index is 545. The monoisotopic (exact) mass is 312 g/mol. The molecule has 1 saturated carbocycles. The van der Waals surface area contributed by atoms with E-state index in [4.69, 9.17) is 0 Å². The Morgan fingerprint density at radius 1 is 1.14 bits per heavy atom. The van der Waals surface area contributed by atoms with E-state index in [9.17, 15) is 13.2 Å². The van der Waals surface area contributed by atoms with Crippen molar-refractivity contribution in [1.82, 2.24) is 0 Å². The number of alkyl halides is 3. The molecule has 0 amide bonds. The van der Waals surface area contributed by atoms with Crippen LogP contribution in [0.1, 0.15) is 51.5 Å². The Morgan fingerprint density at radius 2 is 1.82 bits per heavy atom. The largest absolute Gasteiger partial charge is 0.418 e. The average molecular weight is 312 g/mol. The minimum atomic E-state index is -4.32. The molecular weight excluding hydrogens is 289 g/mol. The minimum absolute atomic E-state index is 0.0381. The van der Waals surface area contributed by atoms with E-state index < -0.39 is 11.7 Å².